The van der Waals surface area contributed by atoms with Crippen molar-refractivity contribution in [1.82, 2.24) is 14.5 Å². The van der Waals surface area contributed by atoms with Gasteiger partial charge in [0.15, 0.2) is 0 Å². The third-order valence-electron chi connectivity index (χ3n) is 3.94. The summed E-state index contributed by atoms with van der Waals surface area (Å²) in [5, 5.41) is 0.746. The number of anilines is 1. The topological polar surface area (TPSA) is 24.3 Å². The molecule has 0 saturated carbocycles. The molecule has 1 saturated heterocycles. The number of aromatic nitrogens is 2. The van der Waals surface area contributed by atoms with Gasteiger partial charge in [0, 0.05) is 37.2 Å². The number of fused-ring (bicyclic) bond motifs is 1. The van der Waals surface area contributed by atoms with Crippen molar-refractivity contribution in [1.29, 1.82) is 0 Å². The normalized spacial score (nSPS) is 17.4. The van der Waals surface area contributed by atoms with Crippen LogP contribution in [0.1, 0.15) is 19.9 Å². The third-order valence-corrected chi connectivity index (χ3v) is 4.17. The number of imidazole rings is 1. The lowest BCUT2D eigenvalue weighted by Crippen LogP contribution is -2.45. The molecule has 0 spiro atoms. The largest absolute Gasteiger partial charge is 0.340 e. The van der Waals surface area contributed by atoms with Gasteiger partial charge in [-0.1, -0.05) is 11.6 Å². The molecular formula is C15H21ClN4. The highest BCUT2D eigenvalue weighted by Gasteiger charge is 2.22. The third kappa shape index (κ3) is 2.38. The summed E-state index contributed by atoms with van der Waals surface area (Å²) in [5.74, 6) is 1.07. The van der Waals surface area contributed by atoms with Crippen molar-refractivity contribution >= 4 is 28.6 Å². The number of halogens is 1. The van der Waals surface area contributed by atoms with E-state index in [-0.39, 0.29) is 0 Å². The molecule has 0 bridgehead atoms. The van der Waals surface area contributed by atoms with Crippen LogP contribution in [-0.2, 0) is 0 Å². The molecule has 0 atom stereocenters. The molecule has 20 heavy (non-hydrogen) atoms. The molecular weight excluding hydrogens is 272 g/mol. The van der Waals surface area contributed by atoms with Gasteiger partial charge in [-0.25, -0.2) is 4.98 Å². The van der Waals surface area contributed by atoms with E-state index in [0.717, 1.165) is 42.7 Å². The van der Waals surface area contributed by atoms with Crippen molar-refractivity contribution in [2.75, 3.05) is 38.1 Å². The number of piperazine rings is 1. The van der Waals surface area contributed by atoms with E-state index in [1.807, 2.05) is 12.1 Å². The molecule has 0 unspecified atom stereocenters. The van der Waals surface area contributed by atoms with E-state index in [4.69, 9.17) is 16.6 Å². The van der Waals surface area contributed by atoms with Gasteiger partial charge in [0.1, 0.15) is 0 Å². The first-order chi connectivity index (χ1) is 9.56. The van der Waals surface area contributed by atoms with Gasteiger partial charge < -0.3 is 14.4 Å². The second kappa shape index (κ2) is 5.26. The van der Waals surface area contributed by atoms with E-state index in [0.29, 0.717) is 6.04 Å². The Morgan fingerprint density at radius 2 is 1.85 bits per heavy atom. The predicted octanol–water partition coefficient (Wildman–Crippen LogP) is 3.02. The Balaban J connectivity index is 2.07. The lowest BCUT2D eigenvalue weighted by Gasteiger charge is -2.34. The van der Waals surface area contributed by atoms with E-state index in [2.05, 4.69) is 41.3 Å². The Hall–Kier alpha value is -1.26. The van der Waals surface area contributed by atoms with Crippen LogP contribution < -0.4 is 4.90 Å². The summed E-state index contributed by atoms with van der Waals surface area (Å²) in [6, 6.07) is 6.36. The van der Waals surface area contributed by atoms with Crippen LogP contribution in [0.3, 0.4) is 0 Å². The van der Waals surface area contributed by atoms with Gasteiger partial charge >= 0.3 is 0 Å². The molecule has 1 aliphatic heterocycles. The van der Waals surface area contributed by atoms with Crippen LogP contribution in [0.15, 0.2) is 18.2 Å². The van der Waals surface area contributed by atoms with Gasteiger partial charge in [-0.05, 0) is 39.1 Å². The highest BCUT2D eigenvalue weighted by Crippen LogP contribution is 2.29. The number of hydrogen-bond donors (Lipinski definition) is 0. The molecule has 4 nitrogen and oxygen atoms in total. The number of hydrogen-bond acceptors (Lipinski definition) is 3. The van der Waals surface area contributed by atoms with Crippen LogP contribution in [0, 0.1) is 0 Å². The average Bonchev–Trinajstić information content (AvgIpc) is 2.77. The molecule has 2 heterocycles. The van der Waals surface area contributed by atoms with Crippen molar-refractivity contribution in [3.05, 3.63) is 23.2 Å². The molecule has 0 radical (unpaired) electrons. The minimum Gasteiger partial charge on any atom is -0.340 e. The zero-order valence-corrected chi connectivity index (χ0v) is 13.1. The fraction of sp³-hybridized carbons (Fsp3) is 0.533. The van der Waals surface area contributed by atoms with Gasteiger partial charge in [-0.2, -0.15) is 0 Å². The second-order valence-corrected chi connectivity index (χ2v) is 6.24. The Labute approximate surface area is 124 Å². The zero-order chi connectivity index (χ0) is 14.3. The standard InChI is InChI=1S/C15H21ClN4/c1-11(2)20-14-5-4-12(16)10-13(14)17-15(20)19-8-6-18(3)7-9-19/h4-5,10-11H,6-9H2,1-3H3. The number of likely N-dealkylation sites (N-methyl/N-ethyl adjacent to an activating group) is 1. The van der Waals surface area contributed by atoms with Crippen molar-refractivity contribution in [3.63, 3.8) is 0 Å². The summed E-state index contributed by atoms with van der Waals surface area (Å²) in [7, 11) is 2.17. The summed E-state index contributed by atoms with van der Waals surface area (Å²) in [5.41, 5.74) is 2.15. The van der Waals surface area contributed by atoms with Crippen LogP contribution in [0.2, 0.25) is 5.02 Å². The molecule has 1 aromatic carbocycles. The van der Waals surface area contributed by atoms with Gasteiger partial charge in [-0.15, -0.1) is 0 Å². The van der Waals surface area contributed by atoms with E-state index in [1.165, 1.54) is 5.52 Å². The molecule has 3 rings (SSSR count). The molecule has 0 aliphatic carbocycles. The van der Waals surface area contributed by atoms with Crippen molar-refractivity contribution in [3.8, 4) is 0 Å². The average molecular weight is 293 g/mol. The maximum atomic E-state index is 6.10. The molecule has 108 valence electrons. The Bertz CT molecular complexity index is 612. The van der Waals surface area contributed by atoms with Crippen molar-refractivity contribution in [2.45, 2.75) is 19.9 Å². The van der Waals surface area contributed by atoms with E-state index < -0.39 is 0 Å². The maximum Gasteiger partial charge on any atom is 0.206 e. The molecule has 2 aromatic rings. The van der Waals surface area contributed by atoms with Crippen molar-refractivity contribution < 1.29 is 0 Å². The van der Waals surface area contributed by atoms with Crippen LogP contribution >= 0.6 is 11.6 Å². The number of benzene rings is 1. The first kappa shape index (κ1) is 13.7. The minimum atomic E-state index is 0.385. The summed E-state index contributed by atoms with van der Waals surface area (Å²) >= 11 is 6.10. The Morgan fingerprint density at radius 3 is 2.50 bits per heavy atom. The van der Waals surface area contributed by atoms with Gasteiger partial charge in [-0.3, -0.25) is 0 Å². The monoisotopic (exact) mass is 292 g/mol. The van der Waals surface area contributed by atoms with Crippen LogP contribution in [0.25, 0.3) is 11.0 Å². The maximum absolute atomic E-state index is 6.10. The Morgan fingerprint density at radius 1 is 1.15 bits per heavy atom. The molecule has 1 aliphatic rings. The summed E-state index contributed by atoms with van der Waals surface area (Å²) in [4.78, 5) is 9.57. The summed E-state index contributed by atoms with van der Waals surface area (Å²) in [6.45, 7) is 8.63. The Kier molecular flexibility index (Phi) is 3.61. The smallest absolute Gasteiger partial charge is 0.206 e. The molecule has 0 N–H and O–H groups in total. The molecule has 1 aromatic heterocycles. The van der Waals surface area contributed by atoms with Crippen LogP contribution in [-0.4, -0.2) is 47.7 Å². The van der Waals surface area contributed by atoms with E-state index >= 15 is 0 Å². The first-order valence-corrected chi connectivity index (χ1v) is 7.55. The van der Waals surface area contributed by atoms with Crippen molar-refractivity contribution in [2.24, 2.45) is 0 Å². The highest BCUT2D eigenvalue weighted by molar-refractivity contribution is 6.31. The van der Waals surface area contributed by atoms with Gasteiger partial charge in [0.05, 0.1) is 11.0 Å². The van der Waals surface area contributed by atoms with Crippen LogP contribution in [0.4, 0.5) is 5.95 Å². The molecule has 5 heteroatoms. The van der Waals surface area contributed by atoms with Gasteiger partial charge in [0.25, 0.3) is 0 Å². The van der Waals surface area contributed by atoms with Gasteiger partial charge in [0.2, 0.25) is 5.95 Å². The van der Waals surface area contributed by atoms with E-state index in [9.17, 15) is 0 Å². The highest BCUT2D eigenvalue weighted by atomic mass is 35.5. The zero-order valence-electron chi connectivity index (χ0n) is 12.3. The number of nitrogens with zero attached hydrogens (tertiary/aromatic N) is 4. The first-order valence-electron chi connectivity index (χ1n) is 7.17. The fourth-order valence-corrected chi connectivity index (χ4v) is 2.96. The van der Waals surface area contributed by atoms with Crippen LogP contribution in [0.5, 0.6) is 0 Å². The fourth-order valence-electron chi connectivity index (χ4n) is 2.80. The minimum absolute atomic E-state index is 0.385. The summed E-state index contributed by atoms with van der Waals surface area (Å²) < 4.78 is 2.32. The predicted molar refractivity (Wildman–Crippen MR) is 84.8 cm³/mol. The molecule has 1 fully saturated rings. The lowest BCUT2D eigenvalue weighted by molar-refractivity contribution is 0.309. The molecule has 0 amide bonds. The van der Waals surface area contributed by atoms with E-state index in [1.54, 1.807) is 0 Å². The lowest BCUT2D eigenvalue weighted by atomic mass is 10.3. The summed E-state index contributed by atoms with van der Waals surface area (Å²) in [6.07, 6.45) is 0. The quantitative estimate of drug-likeness (QED) is 0.850. The SMILES string of the molecule is CC(C)n1c(N2CCN(C)CC2)nc2cc(Cl)ccc21. The number of rotatable bonds is 2. The second-order valence-electron chi connectivity index (χ2n) is 5.80.